The number of carbonyl (C=O) groups excluding carboxylic acids is 4. The summed E-state index contributed by atoms with van der Waals surface area (Å²) in [6, 6.07) is 54.3. The first-order chi connectivity index (χ1) is 68.5. The minimum absolute atomic E-state index is 0.0112. The Hall–Kier alpha value is -13.5. The Bertz CT molecular complexity index is 8210. The van der Waals surface area contributed by atoms with E-state index in [1.165, 1.54) is 92.2 Å². The van der Waals surface area contributed by atoms with Crippen LogP contribution in [0.25, 0.3) is 23.0 Å². The van der Waals surface area contributed by atoms with Crippen LogP contribution in [-0.4, -0.2) is 165 Å². The number of aliphatic hydroxyl groups is 4. The number of halogens is 3. The number of benzene rings is 9. The molecule has 0 spiro atoms. The van der Waals surface area contributed by atoms with Crippen LogP contribution in [0.3, 0.4) is 0 Å². The fourth-order valence-corrected chi connectivity index (χ4v) is 25.8. The average Bonchev–Trinajstić information content (AvgIpc) is 1.21. The lowest BCUT2D eigenvalue weighted by Gasteiger charge is -2.37. The van der Waals surface area contributed by atoms with Gasteiger partial charge in [-0.1, -0.05) is 134 Å². The van der Waals surface area contributed by atoms with Gasteiger partial charge in [-0.25, -0.2) is 33.7 Å². The lowest BCUT2D eigenvalue weighted by atomic mass is 9.66. The smallest absolute Gasteiger partial charge is 0.391 e. The van der Waals surface area contributed by atoms with Crippen LogP contribution in [0.5, 0.6) is 0 Å². The maximum atomic E-state index is 14.1. The summed E-state index contributed by atoms with van der Waals surface area (Å²) >= 11 is 0. The molecule has 147 heavy (non-hydrogen) atoms. The van der Waals surface area contributed by atoms with Crippen molar-refractivity contribution in [2.24, 2.45) is 25.0 Å². The third-order valence-corrected chi connectivity index (χ3v) is 34.3. The van der Waals surface area contributed by atoms with E-state index in [0.717, 1.165) is 49.1 Å². The van der Waals surface area contributed by atoms with E-state index < -0.39 is 144 Å². The number of aliphatic hydroxyl groups excluding tert-OH is 4. The molecule has 10 aromatic rings. The number of hydrogen-bond acceptors (Lipinski definition) is 26. The number of nitrogens with zero attached hydrogens (tertiary/aromatic N) is 4. The van der Waals surface area contributed by atoms with E-state index in [0.29, 0.717) is 58.2 Å². The van der Waals surface area contributed by atoms with Crippen LogP contribution in [0.1, 0.15) is 123 Å². The van der Waals surface area contributed by atoms with Crippen molar-refractivity contribution in [3.05, 3.63) is 297 Å². The summed E-state index contributed by atoms with van der Waals surface area (Å²) in [7, 11) is -30.8. The quantitative estimate of drug-likeness (QED) is 0.0264. The van der Waals surface area contributed by atoms with Gasteiger partial charge in [0.05, 0.1) is 115 Å². The Morgan fingerprint density at radius 3 is 0.905 bits per heavy atom. The van der Waals surface area contributed by atoms with Crippen molar-refractivity contribution < 1.29 is 133 Å². The molecule has 8 aliphatic rings. The molecule has 9 aromatic carbocycles. The van der Waals surface area contributed by atoms with Crippen molar-refractivity contribution in [1.82, 2.24) is 0 Å². The zero-order chi connectivity index (χ0) is 107. The molecule has 18 rings (SSSR count). The molecule has 5 heterocycles. The van der Waals surface area contributed by atoms with Gasteiger partial charge in [-0.2, -0.15) is 32.2 Å². The number of ketones is 4. The molecule has 0 radical (unpaired) electrons. The highest BCUT2D eigenvalue weighted by Crippen LogP contribution is 2.57. The molecule has 49 heteroatoms. The first-order valence-corrected chi connectivity index (χ1v) is 58.8. The number of alkyl halides is 3. The zero-order valence-electron chi connectivity index (χ0n) is 80.0. The van der Waals surface area contributed by atoms with Crippen molar-refractivity contribution in [1.29, 1.82) is 0 Å². The van der Waals surface area contributed by atoms with Gasteiger partial charge < -0.3 is 70.4 Å². The van der Waals surface area contributed by atoms with Gasteiger partial charge in [0.2, 0.25) is 40.1 Å². The fraction of sp³-hybridized carbons (Fsp3) is 0.245. The van der Waals surface area contributed by atoms with Crippen molar-refractivity contribution >= 4 is 206 Å². The molecule has 1 aromatic heterocycles. The van der Waals surface area contributed by atoms with Crippen molar-refractivity contribution in [2.75, 3.05) is 72.3 Å². The molecule has 0 amide bonds. The molecular formula is C98H99F3N12O26P4S4. The largest absolute Gasteiger partial charge is 0.506 e. The number of nitrogens with one attached hydrogen (secondary N) is 8. The van der Waals surface area contributed by atoms with Crippen molar-refractivity contribution in [2.45, 2.75) is 114 Å². The number of furan rings is 1. The lowest BCUT2D eigenvalue weighted by Crippen LogP contribution is -2.43. The molecule has 772 valence electrons. The summed E-state index contributed by atoms with van der Waals surface area (Å²) < 4.78 is 220. The van der Waals surface area contributed by atoms with Gasteiger partial charge in [0.1, 0.15) is 68.7 Å². The lowest BCUT2D eigenvalue weighted by molar-refractivity contribution is -0.172. The normalized spacial score (nSPS) is 23.7. The molecule has 10 unspecified atom stereocenters. The van der Waals surface area contributed by atoms with Gasteiger partial charge >= 0.3 is 36.3 Å². The van der Waals surface area contributed by atoms with E-state index in [9.17, 15) is 124 Å². The van der Waals surface area contributed by atoms with Crippen LogP contribution < -0.4 is 61.4 Å². The number of amidine groups is 4. The van der Waals surface area contributed by atoms with E-state index in [4.69, 9.17) is 9.15 Å². The SMILES string of the molecule is CC(CCC1(C)C(=O)C(C2=NP(=O)(O)c3cc(NS(C)(=O)=O)ccc3N2)=C(O)c2ccccc21)C(F)(F)F.CC1(Cc2ccccc2)C(=O)C(C2=NP(=O)(O)c3cc(NS(C)(=O)=O)ccc3N2)=C(O)c2ccccc21.CC1(Cc2ccoc2)C(=O)C(C2=NP(=O)(O)c3cc(NS(C)(=O)=O)ccc3N2)=C(O)c2ccccc21.COC(C)CCC1(C)C(=O)C(C2=NP(=O)(O)c3cc(NS(C)(=O)=O)ccc3N2)=C(O)c2ccccc21. The molecule has 10 atom stereocenters. The summed E-state index contributed by atoms with van der Waals surface area (Å²) in [6.45, 7) is 9.70. The molecule has 0 bridgehead atoms. The van der Waals surface area contributed by atoms with Gasteiger partial charge in [0.25, 0.3) is 0 Å². The van der Waals surface area contributed by atoms with Crippen LogP contribution >= 0.6 is 30.1 Å². The zero-order valence-corrected chi connectivity index (χ0v) is 86.8. The van der Waals surface area contributed by atoms with Crippen LogP contribution in [-0.2, 0) is 117 Å². The standard InChI is InChI=1S/C26H24N3O6PS.C24H25F3N3O6PS.C24H22N3O7PS.C24H28N3O7PS/c1-26(15-16-8-4-3-5-9-16)19-11-7-6-10-18(19)23(30)22(24(26)31)25-27-20-13-12-17(29-37(2,34)35)14-21(20)36(32,33)28-25;1-13(24(25,26)27)10-11-23(2)16-7-5-4-6-15(16)20(31)19(21(23)32)22-28-17-9-8-14(30-38(3,35)36)12-18(17)37(33,34)29-22;1-24(12-14-9-10-34-13-14)17-6-4-3-5-16(17)21(28)20(22(24)29)23-25-18-8-7-15(27-36(2,32)33)11-19(18)35(30,31)26-23;1-14(34-3)11-12-24(2)17-8-6-5-7-16(17)21(28)20(22(24)29)23-25-18-10-9-15(27-36(4,32)33)13-19(18)35(30,31)26-23/h3-14,29-30H,15H2,1-2H3,(H2,27,28,32,33);4-9,12-13,30-31H,10-11H2,1-3H3,(H2,28,29,33,34);3-11,13,27-28H,12H2,1-2H3,(H2,25,26,30,31);5-10,13-14,27-28H,11-12H2,1-4H3,(H2,25,26,30,31). The average molecular weight is 2170 g/mol. The number of Topliss-reactive ketones (excluding diaryl/α,β-unsaturated/α-hetero) is 4. The molecule has 4 aliphatic carbocycles. The Balaban J connectivity index is 0.000000147. The predicted octanol–water partition coefficient (Wildman–Crippen LogP) is 14.9. The second-order valence-electron chi connectivity index (χ2n) is 37.2. The Labute approximate surface area is 842 Å². The number of rotatable bonds is 23. The van der Waals surface area contributed by atoms with Gasteiger partial charge in [-0.05, 0) is 185 Å². The predicted molar refractivity (Wildman–Crippen MR) is 558 cm³/mol. The molecule has 4 aliphatic heterocycles. The molecule has 0 fully saturated rings. The fourth-order valence-electron chi connectivity index (χ4n) is 18.5. The van der Waals surface area contributed by atoms with Crippen LogP contribution in [0.2, 0.25) is 0 Å². The molecule has 0 saturated heterocycles. The van der Waals surface area contributed by atoms with E-state index in [1.807, 2.05) is 37.3 Å². The second-order valence-corrected chi connectivity index (χ2v) is 51.2. The summed E-state index contributed by atoms with van der Waals surface area (Å²) in [6.07, 6.45) is 3.28. The first kappa shape index (κ1) is 108. The number of ether oxygens (including phenoxy) is 1. The van der Waals surface area contributed by atoms with E-state index in [1.54, 1.807) is 125 Å². The number of sulfonamides is 4. The topological polar surface area (TPSA) is 603 Å². The Morgan fingerprint density at radius 1 is 0.381 bits per heavy atom. The number of anilines is 8. The van der Waals surface area contributed by atoms with Crippen molar-refractivity contribution in [3.63, 3.8) is 0 Å². The highest BCUT2D eigenvalue weighted by Gasteiger charge is 2.54. The molecule has 16 N–H and O–H groups in total. The van der Waals surface area contributed by atoms with Crippen molar-refractivity contribution in [3.8, 4) is 0 Å². The number of carbonyl (C=O) groups is 4. The highest BCUT2D eigenvalue weighted by atomic mass is 32.2. The molecule has 38 nitrogen and oxygen atoms in total. The minimum atomic E-state index is -4.58. The Kier molecular flexibility index (Phi) is 29.0. The van der Waals surface area contributed by atoms with Crippen LogP contribution in [0.4, 0.5) is 58.7 Å². The first-order valence-electron chi connectivity index (χ1n) is 44.8. The van der Waals surface area contributed by atoms with Gasteiger partial charge in [-0.3, -0.25) is 56.3 Å². The third kappa shape index (κ3) is 22.1. The van der Waals surface area contributed by atoms with Gasteiger partial charge in [0.15, 0.2) is 23.1 Å². The number of hydrogen-bond donors (Lipinski definition) is 16. The minimum Gasteiger partial charge on any atom is -0.506 e. The highest BCUT2D eigenvalue weighted by molar-refractivity contribution is 7.92. The van der Waals surface area contributed by atoms with E-state index in [-0.39, 0.29) is 149 Å². The Morgan fingerprint density at radius 2 is 0.639 bits per heavy atom. The summed E-state index contributed by atoms with van der Waals surface area (Å²) in [5.74, 6) is -6.48. The monoisotopic (exact) mass is 2170 g/mol. The summed E-state index contributed by atoms with van der Waals surface area (Å²) in [5, 5.41) is 55.4. The van der Waals surface area contributed by atoms with Gasteiger partial charge in [-0.15, -0.1) is 0 Å². The molecular weight excluding hydrogens is 2070 g/mol. The van der Waals surface area contributed by atoms with Gasteiger partial charge in [0, 0.05) is 52.1 Å². The van der Waals surface area contributed by atoms with E-state index >= 15 is 0 Å². The van der Waals surface area contributed by atoms with Crippen LogP contribution in [0, 0.1) is 5.92 Å². The van der Waals surface area contributed by atoms with Crippen LogP contribution in [0.15, 0.2) is 265 Å². The summed E-state index contributed by atoms with van der Waals surface area (Å²) in [4.78, 5) is 98.9. The number of methoxy groups -OCH3 is 1. The maximum absolute atomic E-state index is 14.1. The van der Waals surface area contributed by atoms with E-state index in [2.05, 4.69) is 59.2 Å². The third-order valence-electron chi connectivity index (χ3n) is 26.0. The second kappa shape index (κ2) is 39.6. The maximum Gasteiger partial charge on any atom is 0.391 e. The summed E-state index contributed by atoms with van der Waals surface area (Å²) in [5.41, 5.74) is 0.473. The number of fused-ring (bicyclic) bond motifs is 8. The molecule has 0 saturated carbocycles.